The number of benzene rings is 1. The van der Waals surface area contributed by atoms with Gasteiger partial charge in [0.15, 0.2) is 0 Å². The summed E-state index contributed by atoms with van der Waals surface area (Å²) >= 11 is 0. The van der Waals surface area contributed by atoms with Crippen molar-refractivity contribution >= 4 is 17.6 Å². The predicted molar refractivity (Wildman–Crippen MR) is 98.8 cm³/mol. The van der Waals surface area contributed by atoms with Gasteiger partial charge in [0.05, 0.1) is 12.6 Å². The number of piperidine rings is 1. The van der Waals surface area contributed by atoms with Crippen LogP contribution >= 0.6 is 0 Å². The van der Waals surface area contributed by atoms with Crippen LogP contribution in [0.3, 0.4) is 0 Å². The summed E-state index contributed by atoms with van der Waals surface area (Å²) in [6.45, 7) is 6.30. The second kappa shape index (κ2) is 8.97. The van der Waals surface area contributed by atoms with Crippen molar-refractivity contribution in [2.24, 2.45) is 0 Å². The van der Waals surface area contributed by atoms with Gasteiger partial charge in [0.2, 0.25) is 5.91 Å². The van der Waals surface area contributed by atoms with Gasteiger partial charge in [0.25, 0.3) is 0 Å². The molecule has 0 spiro atoms. The van der Waals surface area contributed by atoms with Crippen LogP contribution in [0.4, 0.5) is 5.69 Å². The van der Waals surface area contributed by atoms with E-state index in [1.54, 1.807) is 0 Å². The Hall–Kier alpha value is -1.92. The number of amides is 1. The van der Waals surface area contributed by atoms with Gasteiger partial charge in [-0.1, -0.05) is 18.2 Å². The minimum Gasteiger partial charge on any atom is -0.480 e. The molecule has 1 N–H and O–H groups in total. The molecule has 1 heterocycles. The highest BCUT2D eigenvalue weighted by molar-refractivity contribution is 5.96. The first-order chi connectivity index (χ1) is 11.9. The molecular weight excluding hydrogens is 318 g/mol. The molecule has 0 bridgehead atoms. The van der Waals surface area contributed by atoms with E-state index < -0.39 is 5.97 Å². The summed E-state index contributed by atoms with van der Waals surface area (Å²) in [6.07, 6.45) is 1.78. The number of carbonyl (C=O) groups is 2. The van der Waals surface area contributed by atoms with E-state index in [0.29, 0.717) is 6.54 Å². The second-order valence-corrected chi connectivity index (χ2v) is 6.67. The van der Waals surface area contributed by atoms with E-state index in [2.05, 4.69) is 4.90 Å². The van der Waals surface area contributed by atoms with E-state index in [9.17, 15) is 9.59 Å². The van der Waals surface area contributed by atoms with Crippen LogP contribution in [0.25, 0.3) is 0 Å². The molecule has 0 aromatic heterocycles. The Bertz CT molecular complexity index is 571. The minimum absolute atomic E-state index is 0.0662. The summed E-state index contributed by atoms with van der Waals surface area (Å²) < 4.78 is 0. The fourth-order valence-electron chi connectivity index (χ4n) is 3.51. The fourth-order valence-corrected chi connectivity index (χ4v) is 3.51. The van der Waals surface area contributed by atoms with E-state index >= 15 is 0 Å². The Labute approximate surface area is 150 Å². The lowest BCUT2D eigenvalue weighted by Crippen LogP contribution is -2.52. The zero-order valence-electron chi connectivity index (χ0n) is 15.4. The summed E-state index contributed by atoms with van der Waals surface area (Å²) in [6, 6.07) is 9.85. The van der Waals surface area contributed by atoms with Crippen LogP contribution in [0, 0.1) is 0 Å². The number of likely N-dealkylation sites (N-methyl/N-ethyl adjacent to an activating group) is 2. The number of anilines is 1. The number of rotatable bonds is 7. The van der Waals surface area contributed by atoms with Gasteiger partial charge in [-0.05, 0) is 45.9 Å². The molecule has 0 aliphatic carbocycles. The van der Waals surface area contributed by atoms with E-state index in [1.165, 1.54) is 0 Å². The summed E-state index contributed by atoms with van der Waals surface area (Å²) in [7, 11) is 1.86. The van der Waals surface area contributed by atoms with Crippen molar-refractivity contribution in [1.82, 2.24) is 9.80 Å². The molecule has 25 heavy (non-hydrogen) atoms. The van der Waals surface area contributed by atoms with Crippen molar-refractivity contribution < 1.29 is 14.7 Å². The lowest BCUT2D eigenvalue weighted by atomic mass is 10.0. The van der Waals surface area contributed by atoms with Gasteiger partial charge >= 0.3 is 5.97 Å². The highest BCUT2D eigenvalue weighted by Crippen LogP contribution is 2.20. The zero-order chi connectivity index (χ0) is 18.4. The van der Waals surface area contributed by atoms with Gasteiger partial charge in [0.1, 0.15) is 0 Å². The Kier molecular flexibility index (Phi) is 6.96. The van der Waals surface area contributed by atoms with E-state index in [0.717, 1.165) is 31.6 Å². The summed E-state index contributed by atoms with van der Waals surface area (Å²) in [4.78, 5) is 29.7. The number of likely N-dealkylation sites (tertiary alicyclic amines) is 1. The van der Waals surface area contributed by atoms with Crippen LogP contribution in [0.1, 0.15) is 26.7 Å². The molecule has 0 saturated carbocycles. The number of hydrogen-bond donors (Lipinski definition) is 1. The summed E-state index contributed by atoms with van der Waals surface area (Å²) in [5, 5.41) is 8.92. The van der Waals surface area contributed by atoms with Gasteiger partial charge in [-0.2, -0.15) is 0 Å². The SMILES string of the molecule is CCN(C(=O)C(C)N1CCC(N(C)CC(=O)O)CC1)c1ccccc1. The summed E-state index contributed by atoms with van der Waals surface area (Å²) in [5.74, 6) is -0.680. The molecule has 0 radical (unpaired) electrons. The molecule has 138 valence electrons. The van der Waals surface area contributed by atoms with Crippen molar-refractivity contribution in [1.29, 1.82) is 0 Å². The van der Waals surface area contributed by atoms with Gasteiger partial charge in [-0.25, -0.2) is 0 Å². The molecule has 1 atom stereocenters. The Morgan fingerprint density at radius 2 is 1.84 bits per heavy atom. The van der Waals surface area contributed by atoms with E-state index in [1.807, 2.05) is 61.0 Å². The molecule has 1 aromatic carbocycles. The molecule has 1 aromatic rings. The maximum atomic E-state index is 12.9. The van der Waals surface area contributed by atoms with Gasteiger partial charge in [-0.15, -0.1) is 0 Å². The Balaban J connectivity index is 1.94. The molecule has 1 unspecified atom stereocenters. The molecule has 1 aliphatic heterocycles. The topological polar surface area (TPSA) is 64.1 Å². The lowest BCUT2D eigenvalue weighted by Gasteiger charge is -2.39. The monoisotopic (exact) mass is 347 g/mol. The first-order valence-corrected chi connectivity index (χ1v) is 8.96. The number of aliphatic carboxylic acids is 1. The van der Waals surface area contributed by atoms with Crippen molar-refractivity contribution in [3.8, 4) is 0 Å². The zero-order valence-corrected chi connectivity index (χ0v) is 15.4. The van der Waals surface area contributed by atoms with E-state index in [4.69, 9.17) is 5.11 Å². The molecule has 6 heteroatoms. The third-order valence-electron chi connectivity index (χ3n) is 5.06. The van der Waals surface area contributed by atoms with Crippen molar-refractivity contribution in [2.75, 3.05) is 38.1 Å². The molecule has 1 saturated heterocycles. The van der Waals surface area contributed by atoms with Crippen LogP contribution in [0.2, 0.25) is 0 Å². The van der Waals surface area contributed by atoms with E-state index in [-0.39, 0.29) is 24.5 Å². The van der Waals surface area contributed by atoms with Crippen LogP contribution in [-0.2, 0) is 9.59 Å². The Morgan fingerprint density at radius 3 is 2.36 bits per heavy atom. The maximum absolute atomic E-state index is 12.9. The fraction of sp³-hybridized carbons (Fsp3) is 0.579. The molecular formula is C19H29N3O3. The van der Waals surface area contributed by atoms with Crippen LogP contribution in [0.15, 0.2) is 30.3 Å². The standard InChI is InChI=1S/C19H29N3O3/c1-4-22(17-8-6-5-7-9-17)19(25)15(2)21-12-10-16(11-13-21)20(3)14-18(23)24/h5-9,15-16H,4,10-14H2,1-3H3,(H,23,24). The predicted octanol–water partition coefficient (Wildman–Crippen LogP) is 1.91. The van der Waals surface area contributed by atoms with Crippen molar-refractivity contribution in [2.45, 2.75) is 38.8 Å². The number of nitrogens with zero attached hydrogens (tertiary/aromatic N) is 3. The number of carboxylic acids is 1. The number of para-hydroxylation sites is 1. The molecule has 2 rings (SSSR count). The first kappa shape index (κ1) is 19.4. The van der Waals surface area contributed by atoms with Gasteiger partial charge in [0, 0.05) is 31.4 Å². The quantitative estimate of drug-likeness (QED) is 0.816. The molecule has 1 aliphatic rings. The third-order valence-corrected chi connectivity index (χ3v) is 5.06. The number of hydrogen-bond acceptors (Lipinski definition) is 4. The van der Waals surface area contributed by atoms with Gasteiger partial charge in [-0.3, -0.25) is 19.4 Å². The molecule has 1 fully saturated rings. The highest BCUT2D eigenvalue weighted by Gasteiger charge is 2.30. The first-order valence-electron chi connectivity index (χ1n) is 8.96. The highest BCUT2D eigenvalue weighted by atomic mass is 16.4. The average Bonchev–Trinajstić information content (AvgIpc) is 2.62. The lowest BCUT2D eigenvalue weighted by molar-refractivity contribution is -0.138. The van der Waals surface area contributed by atoms with Crippen molar-refractivity contribution in [3.05, 3.63) is 30.3 Å². The molecule has 1 amide bonds. The minimum atomic E-state index is -0.796. The smallest absolute Gasteiger partial charge is 0.317 e. The maximum Gasteiger partial charge on any atom is 0.317 e. The van der Waals surface area contributed by atoms with Gasteiger partial charge < -0.3 is 10.0 Å². The second-order valence-electron chi connectivity index (χ2n) is 6.67. The third kappa shape index (κ3) is 5.03. The summed E-state index contributed by atoms with van der Waals surface area (Å²) in [5.41, 5.74) is 0.929. The van der Waals surface area contributed by atoms with Crippen LogP contribution in [-0.4, -0.2) is 72.1 Å². The Morgan fingerprint density at radius 1 is 1.24 bits per heavy atom. The number of carbonyl (C=O) groups excluding carboxylic acids is 1. The number of carboxylic acid groups (broad SMARTS) is 1. The largest absolute Gasteiger partial charge is 0.480 e. The normalized spacial score (nSPS) is 17.4. The van der Waals surface area contributed by atoms with Crippen molar-refractivity contribution in [3.63, 3.8) is 0 Å². The van der Waals surface area contributed by atoms with Crippen LogP contribution < -0.4 is 4.90 Å². The van der Waals surface area contributed by atoms with Crippen LogP contribution in [0.5, 0.6) is 0 Å². The average molecular weight is 347 g/mol. The molecule has 6 nitrogen and oxygen atoms in total.